The predicted octanol–water partition coefficient (Wildman–Crippen LogP) is 5.60. The van der Waals surface area contributed by atoms with E-state index < -0.39 is 12.2 Å². The van der Waals surface area contributed by atoms with E-state index in [1.807, 2.05) is 54.6 Å². The van der Waals surface area contributed by atoms with Gasteiger partial charge in [-0.2, -0.15) is 0 Å². The predicted molar refractivity (Wildman–Crippen MR) is 138 cm³/mol. The number of likely N-dealkylation sites (N-methyl/N-ethyl adjacent to an activating group) is 1. The highest BCUT2D eigenvalue weighted by atomic mass is 35.5. The highest BCUT2D eigenvalue weighted by molar-refractivity contribution is 6.32. The lowest BCUT2D eigenvalue weighted by Crippen LogP contribution is -2.47. The Morgan fingerprint density at radius 3 is 2.32 bits per heavy atom. The number of carbonyl (C=O) groups is 2. The van der Waals surface area contributed by atoms with Gasteiger partial charge < -0.3 is 15.5 Å². The summed E-state index contributed by atoms with van der Waals surface area (Å²) in [6.45, 7) is 6.39. The van der Waals surface area contributed by atoms with Crippen LogP contribution in [0.4, 0.5) is 16.2 Å². The SMILES string of the molecule is CN1C(=O)C(NC(=O)Nc2ccc(C(C)(C)C)cc2)N=C(c2ccccc2)c2cc(Cl)ccc21. The summed E-state index contributed by atoms with van der Waals surface area (Å²) in [7, 11) is 1.66. The average Bonchev–Trinajstić information content (AvgIpc) is 2.90. The molecule has 0 saturated carbocycles. The molecule has 0 radical (unpaired) electrons. The number of aliphatic imine (C=N–C) groups is 1. The smallest absolute Gasteiger partial charge is 0.311 e. The number of benzodiazepines with no additional fused rings is 1. The van der Waals surface area contributed by atoms with Gasteiger partial charge in [-0.05, 0) is 41.3 Å². The first-order chi connectivity index (χ1) is 16.1. The van der Waals surface area contributed by atoms with Crippen LogP contribution in [0.1, 0.15) is 37.5 Å². The van der Waals surface area contributed by atoms with E-state index in [-0.39, 0.29) is 11.3 Å². The summed E-state index contributed by atoms with van der Waals surface area (Å²) in [4.78, 5) is 32.2. The second-order valence-corrected chi connectivity index (χ2v) is 9.67. The summed E-state index contributed by atoms with van der Waals surface area (Å²) in [5, 5.41) is 6.05. The number of nitrogens with one attached hydrogen (secondary N) is 2. The second kappa shape index (κ2) is 9.31. The Hall–Kier alpha value is -3.64. The molecular formula is C27H27ClN4O2. The van der Waals surface area contributed by atoms with Crippen molar-refractivity contribution < 1.29 is 9.59 Å². The van der Waals surface area contributed by atoms with E-state index >= 15 is 0 Å². The molecule has 0 aliphatic carbocycles. The van der Waals surface area contributed by atoms with Crippen LogP contribution in [-0.2, 0) is 10.2 Å². The number of carbonyl (C=O) groups excluding carboxylic acids is 2. The lowest BCUT2D eigenvalue weighted by Gasteiger charge is -2.21. The van der Waals surface area contributed by atoms with Gasteiger partial charge in [0.15, 0.2) is 0 Å². The van der Waals surface area contributed by atoms with Gasteiger partial charge in [-0.3, -0.25) is 4.79 Å². The third-order valence-electron chi connectivity index (χ3n) is 5.72. The van der Waals surface area contributed by atoms with Crippen LogP contribution in [0.2, 0.25) is 5.02 Å². The molecule has 0 spiro atoms. The molecule has 1 atom stereocenters. The van der Waals surface area contributed by atoms with E-state index in [9.17, 15) is 9.59 Å². The minimum Gasteiger partial charge on any atom is -0.311 e. The molecule has 3 amide bonds. The molecule has 7 heteroatoms. The summed E-state index contributed by atoms with van der Waals surface area (Å²) < 4.78 is 0. The molecule has 1 unspecified atom stereocenters. The van der Waals surface area contributed by atoms with E-state index in [0.29, 0.717) is 22.1 Å². The zero-order chi connectivity index (χ0) is 24.5. The summed E-state index contributed by atoms with van der Waals surface area (Å²) in [5.41, 5.74) is 4.58. The van der Waals surface area contributed by atoms with Gasteiger partial charge in [0.25, 0.3) is 5.91 Å². The molecule has 1 heterocycles. The van der Waals surface area contributed by atoms with Gasteiger partial charge in [0.05, 0.1) is 11.4 Å². The van der Waals surface area contributed by atoms with E-state index in [4.69, 9.17) is 11.6 Å². The number of hydrogen-bond donors (Lipinski definition) is 2. The van der Waals surface area contributed by atoms with E-state index in [1.165, 1.54) is 4.90 Å². The van der Waals surface area contributed by atoms with Gasteiger partial charge in [-0.1, -0.05) is 74.8 Å². The van der Waals surface area contributed by atoms with Gasteiger partial charge >= 0.3 is 6.03 Å². The Kier molecular flexibility index (Phi) is 6.44. The lowest BCUT2D eigenvalue weighted by molar-refractivity contribution is -0.119. The summed E-state index contributed by atoms with van der Waals surface area (Å²) in [6, 6.07) is 22.0. The molecule has 174 valence electrons. The zero-order valence-electron chi connectivity index (χ0n) is 19.6. The number of rotatable bonds is 3. The van der Waals surface area contributed by atoms with Crippen LogP contribution in [0.5, 0.6) is 0 Å². The third-order valence-corrected chi connectivity index (χ3v) is 5.96. The number of benzene rings is 3. The van der Waals surface area contributed by atoms with Crippen molar-refractivity contribution in [2.45, 2.75) is 32.4 Å². The molecule has 1 aliphatic rings. The topological polar surface area (TPSA) is 73.8 Å². The fraction of sp³-hybridized carbons (Fsp3) is 0.222. The first kappa shape index (κ1) is 23.5. The van der Waals surface area contributed by atoms with Crippen molar-refractivity contribution in [3.05, 3.63) is 94.5 Å². The molecule has 4 rings (SSSR count). The van der Waals surface area contributed by atoms with Crippen LogP contribution in [0.15, 0.2) is 77.8 Å². The molecule has 0 aromatic heterocycles. The van der Waals surface area contributed by atoms with Crippen LogP contribution >= 0.6 is 11.6 Å². The Bertz CT molecular complexity index is 1250. The van der Waals surface area contributed by atoms with Crippen LogP contribution in [0.25, 0.3) is 0 Å². The number of anilines is 2. The Morgan fingerprint density at radius 2 is 1.68 bits per heavy atom. The standard InChI is InChI=1S/C27H27ClN4O2/c1-27(2,3)18-10-13-20(14-11-18)29-26(34)31-24-25(33)32(4)22-15-12-19(28)16-21(22)23(30-24)17-8-6-5-7-9-17/h5-16,24H,1-4H3,(H2,29,31,34). The zero-order valence-corrected chi connectivity index (χ0v) is 20.4. The maximum absolute atomic E-state index is 13.3. The van der Waals surface area contributed by atoms with Gasteiger partial charge in [0, 0.05) is 28.9 Å². The van der Waals surface area contributed by atoms with E-state index in [0.717, 1.165) is 16.7 Å². The molecule has 34 heavy (non-hydrogen) atoms. The van der Waals surface area contributed by atoms with Crippen LogP contribution in [0, 0.1) is 0 Å². The first-order valence-electron chi connectivity index (χ1n) is 11.0. The molecule has 6 nitrogen and oxygen atoms in total. The molecule has 2 N–H and O–H groups in total. The van der Waals surface area contributed by atoms with Crippen molar-refractivity contribution in [2.24, 2.45) is 4.99 Å². The van der Waals surface area contributed by atoms with Gasteiger partial charge in [0.2, 0.25) is 6.17 Å². The van der Waals surface area contributed by atoms with Crippen molar-refractivity contribution in [3.63, 3.8) is 0 Å². The number of halogens is 1. The lowest BCUT2D eigenvalue weighted by atomic mass is 9.87. The molecule has 0 fully saturated rings. The van der Waals surface area contributed by atoms with Crippen molar-refractivity contribution >= 4 is 40.6 Å². The largest absolute Gasteiger partial charge is 0.321 e. The van der Waals surface area contributed by atoms with E-state index in [2.05, 4.69) is 36.4 Å². The molecule has 0 bridgehead atoms. The van der Waals surface area contributed by atoms with Crippen molar-refractivity contribution in [3.8, 4) is 0 Å². The normalized spacial score (nSPS) is 15.8. The fourth-order valence-corrected chi connectivity index (χ4v) is 3.98. The Balaban J connectivity index is 1.64. The van der Waals surface area contributed by atoms with Gasteiger partial charge in [-0.25, -0.2) is 9.79 Å². The van der Waals surface area contributed by atoms with Crippen molar-refractivity contribution in [2.75, 3.05) is 17.3 Å². The Morgan fingerprint density at radius 1 is 1.00 bits per heavy atom. The van der Waals surface area contributed by atoms with Gasteiger partial charge in [-0.15, -0.1) is 0 Å². The molecule has 3 aromatic carbocycles. The average molecular weight is 475 g/mol. The summed E-state index contributed by atoms with van der Waals surface area (Å²) in [5.74, 6) is -0.354. The minimum absolute atomic E-state index is 0.0125. The van der Waals surface area contributed by atoms with Crippen LogP contribution in [-0.4, -0.2) is 30.9 Å². The molecular weight excluding hydrogens is 448 g/mol. The maximum Gasteiger partial charge on any atom is 0.321 e. The number of amides is 3. The van der Waals surface area contributed by atoms with Crippen LogP contribution < -0.4 is 15.5 Å². The fourth-order valence-electron chi connectivity index (χ4n) is 3.81. The minimum atomic E-state index is -1.11. The summed E-state index contributed by atoms with van der Waals surface area (Å²) >= 11 is 6.28. The third kappa shape index (κ3) is 4.97. The van der Waals surface area contributed by atoms with Crippen molar-refractivity contribution in [1.29, 1.82) is 0 Å². The maximum atomic E-state index is 13.3. The monoisotopic (exact) mass is 474 g/mol. The van der Waals surface area contributed by atoms with Crippen molar-refractivity contribution in [1.82, 2.24) is 5.32 Å². The number of hydrogen-bond acceptors (Lipinski definition) is 3. The highest BCUT2D eigenvalue weighted by Crippen LogP contribution is 2.30. The van der Waals surface area contributed by atoms with Crippen LogP contribution in [0.3, 0.4) is 0 Å². The van der Waals surface area contributed by atoms with E-state index in [1.54, 1.807) is 25.2 Å². The number of nitrogens with zero attached hydrogens (tertiary/aromatic N) is 2. The first-order valence-corrected chi connectivity index (χ1v) is 11.4. The number of urea groups is 1. The quantitative estimate of drug-likeness (QED) is 0.518. The molecule has 3 aromatic rings. The van der Waals surface area contributed by atoms with Gasteiger partial charge in [0.1, 0.15) is 0 Å². The molecule has 1 aliphatic heterocycles. The summed E-state index contributed by atoms with van der Waals surface area (Å²) in [6.07, 6.45) is -1.11. The molecule has 0 saturated heterocycles. The highest BCUT2D eigenvalue weighted by Gasteiger charge is 2.31. The Labute approximate surface area is 204 Å². The second-order valence-electron chi connectivity index (χ2n) is 9.23. The number of fused-ring (bicyclic) bond motifs is 1.